The van der Waals surface area contributed by atoms with Crippen molar-refractivity contribution in [2.45, 2.75) is 31.8 Å². The highest BCUT2D eigenvalue weighted by molar-refractivity contribution is 6.02. The maximum atomic E-state index is 12.5. The molecule has 22 heavy (non-hydrogen) atoms. The first-order chi connectivity index (χ1) is 10.3. The molecule has 2 rings (SSSR count). The van der Waals surface area contributed by atoms with E-state index >= 15 is 0 Å². The molecule has 1 aromatic rings. The fraction of sp³-hybridized carbons (Fsp3) is 0.400. The van der Waals surface area contributed by atoms with E-state index in [0.29, 0.717) is 11.1 Å². The van der Waals surface area contributed by atoms with Crippen molar-refractivity contribution in [1.29, 1.82) is 0 Å². The van der Waals surface area contributed by atoms with Gasteiger partial charge >= 0.3 is 5.97 Å². The van der Waals surface area contributed by atoms with Crippen LogP contribution in [0.4, 0.5) is 0 Å². The number of hydrogen-bond acceptors (Lipinski definition) is 5. The summed E-state index contributed by atoms with van der Waals surface area (Å²) >= 11 is 0. The quantitative estimate of drug-likeness (QED) is 0.772. The van der Waals surface area contributed by atoms with Crippen LogP contribution >= 0.6 is 0 Å². The third-order valence-electron chi connectivity index (χ3n) is 4.11. The largest absolute Gasteiger partial charge is 0.508 e. The van der Waals surface area contributed by atoms with Gasteiger partial charge in [0.2, 0.25) is 5.91 Å². The Balaban J connectivity index is 2.32. The van der Waals surface area contributed by atoms with Crippen LogP contribution in [-0.4, -0.2) is 40.4 Å². The fourth-order valence-electron chi connectivity index (χ4n) is 2.55. The molecule has 0 saturated carbocycles. The van der Waals surface area contributed by atoms with E-state index in [1.54, 1.807) is 12.1 Å². The van der Waals surface area contributed by atoms with Gasteiger partial charge in [0, 0.05) is 17.5 Å². The Morgan fingerprint density at radius 1 is 1.45 bits per heavy atom. The summed E-state index contributed by atoms with van der Waals surface area (Å²) in [5.41, 5.74) is 4.92. The zero-order valence-corrected chi connectivity index (χ0v) is 12.5. The lowest BCUT2D eigenvalue weighted by atomic mass is 9.92. The van der Waals surface area contributed by atoms with Crippen LogP contribution < -0.4 is 5.73 Å². The lowest BCUT2D eigenvalue weighted by Gasteiger charge is -2.35. The van der Waals surface area contributed by atoms with E-state index in [0.717, 1.165) is 0 Å². The molecule has 1 aliphatic heterocycles. The molecule has 0 bridgehead atoms. The highest BCUT2D eigenvalue weighted by Gasteiger charge is 2.45. The number of nitrogens with two attached hydrogens (primary N) is 1. The van der Waals surface area contributed by atoms with E-state index in [1.165, 1.54) is 25.0 Å². The van der Waals surface area contributed by atoms with E-state index in [-0.39, 0.29) is 25.1 Å². The Kier molecular flexibility index (Phi) is 4.07. The van der Waals surface area contributed by atoms with Gasteiger partial charge in [0.15, 0.2) is 0 Å². The molecule has 0 fully saturated rings. The van der Waals surface area contributed by atoms with Crippen LogP contribution in [0.25, 0.3) is 0 Å². The number of nitrogens with zero attached hydrogens (tertiary/aromatic N) is 1. The van der Waals surface area contributed by atoms with Gasteiger partial charge in [-0.1, -0.05) is 6.07 Å². The van der Waals surface area contributed by atoms with E-state index in [1.807, 2.05) is 0 Å². The predicted molar refractivity (Wildman–Crippen MR) is 76.8 cm³/mol. The first-order valence-corrected chi connectivity index (χ1v) is 6.81. The molecule has 1 aromatic carbocycles. The summed E-state index contributed by atoms with van der Waals surface area (Å²) in [7, 11) is 1.25. The third-order valence-corrected chi connectivity index (χ3v) is 4.11. The molecule has 1 aliphatic rings. The van der Waals surface area contributed by atoms with E-state index in [2.05, 4.69) is 4.74 Å². The van der Waals surface area contributed by atoms with Gasteiger partial charge in [-0.15, -0.1) is 0 Å². The normalized spacial score (nSPS) is 16.1. The van der Waals surface area contributed by atoms with Crippen molar-refractivity contribution in [2.75, 3.05) is 7.11 Å². The lowest BCUT2D eigenvalue weighted by Crippen LogP contribution is -2.55. The Morgan fingerprint density at radius 3 is 2.68 bits per heavy atom. The van der Waals surface area contributed by atoms with Gasteiger partial charge in [-0.3, -0.25) is 14.4 Å². The van der Waals surface area contributed by atoms with Crippen molar-refractivity contribution < 1.29 is 24.2 Å². The van der Waals surface area contributed by atoms with Gasteiger partial charge in [-0.2, -0.15) is 0 Å². The fourth-order valence-corrected chi connectivity index (χ4v) is 2.55. The molecule has 0 aliphatic carbocycles. The Morgan fingerprint density at radius 2 is 2.14 bits per heavy atom. The SMILES string of the molecule is COC(=O)CCC(C)(C(N)=O)N1Cc2c(O)cccc2C1=O. The number of ether oxygens (including phenoxy) is 1. The maximum Gasteiger partial charge on any atom is 0.305 e. The van der Waals surface area contributed by atoms with Crippen LogP contribution in [0.3, 0.4) is 0 Å². The molecular formula is C15H18N2O5. The van der Waals surface area contributed by atoms with Crippen LogP contribution in [0.15, 0.2) is 18.2 Å². The van der Waals surface area contributed by atoms with Crippen LogP contribution in [-0.2, 0) is 20.9 Å². The van der Waals surface area contributed by atoms with Gasteiger partial charge in [-0.05, 0) is 25.5 Å². The number of benzene rings is 1. The average molecular weight is 306 g/mol. The van der Waals surface area contributed by atoms with Crippen LogP contribution in [0.2, 0.25) is 0 Å². The second kappa shape index (κ2) is 5.67. The number of carbonyl (C=O) groups is 3. The predicted octanol–water partition coefficient (Wildman–Crippen LogP) is 0.545. The zero-order chi connectivity index (χ0) is 16.5. The molecule has 7 nitrogen and oxygen atoms in total. The number of esters is 1. The smallest absolute Gasteiger partial charge is 0.305 e. The van der Waals surface area contributed by atoms with Crippen molar-refractivity contribution in [2.24, 2.45) is 5.73 Å². The van der Waals surface area contributed by atoms with Gasteiger partial charge in [-0.25, -0.2) is 0 Å². The Bertz CT molecular complexity index is 643. The van der Waals surface area contributed by atoms with Crippen molar-refractivity contribution in [3.8, 4) is 5.75 Å². The summed E-state index contributed by atoms with van der Waals surface area (Å²) in [6.45, 7) is 1.58. The van der Waals surface area contributed by atoms with E-state index < -0.39 is 23.3 Å². The molecule has 1 atom stereocenters. The second-order valence-electron chi connectivity index (χ2n) is 5.41. The number of phenolic OH excluding ortho intramolecular Hbond substituents is 1. The van der Waals surface area contributed by atoms with Crippen molar-refractivity contribution in [3.05, 3.63) is 29.3 Å². The number of methoxy groups -OCH3 is 1. The van der Waals surface area contributed by atoms with E-state index in [9.17, 15) is 19.5 Å². The van der Waals surface area contributed by atoms with Crippen LogP contribution in [0.1, 0.15) is 35.7 Å². The Hall–Kier alpha value is -2.57. The molecule has 0 spiro atoms. The topological polar surface area (TPSA) is 110 Å². The summed E-state index contributed by atoms with van der Waals surface area (Å²) in [5, 5.41) is 9.86. The zero-order valence-electron chi connectivity index (χ0n) is 12.5. The molecule has 0 saturated heterocycles. The monoisotopic (exact) mass is 306 g/mol. The minimum Gasteiger partial charge on any atom is -0.508 e. The number of phenols is 1. The van der Waals surface area contributed by atoms with Crippen molar-refractivity contribution in [1.82, 2.24) is 4.90 Å². The maximum absolute atomic E-state index is 12.5. The summed E-state index contributed by atoms with van der Waals surface area (Å²) in [5.74, 6) is -1.60. The first kappa shape index (κ1) is 15.8. The molecule has 1 heterocycles. The number of fused-ring (bicyclic) bond motifs is 1. The van der Waals surface area contributed by atoms with Gasteiger partial charge in [0.1, 0.15) is 11.3 Å². The molecule has 0 radical (unpaired) electrons. The first-order valence-electron chi connectivity index (χ1n) is 6.81. The Labute approximate surface area is 127 Å². The number of amides is 2. The molecule has 7 heteroatoms. The van der Waals surface area contributed by atoms with Gasteiger partial charge < -0.3 is 20.5 Å². The highest BCUT2D eigenvalue weighted by Crippen LogP contribution is 2.36. The molecule has 0 aromatic heterocycles. The highest BCUT2D eigenvalue weighted by atomic mass is 16.5. The molecule has 3 N–H and O–H groups in total. The summed E-state index contributed by atoms with van der Waals surface area (Å²) in [6.07, 6.45) is 0.0115. The lowest BCUT2D eigenvalue weighted by molar-refractivity contribution is -0.142. The van der Waals surface area contributed by atoms with E-state index in [4.69, 9.17) is 5.73 Å². The molecule has 2 amide bonds. The minimum atomic E-state index is -1.34. The average Bonchev–Trinajstić information content (AvgIpc) is 2.83. The molecular weight excluding hydrogens is 288 g/mol. The number of rotatable bonds is 5. The standard InChI is InChI=1S/C15H18N2O5/c1-15(14(16)21,7-6-12(19)22-2)17-8-10-9(13(17)20)4-3-5-11(10)18/h3-5,18H,6-8H2,1-2H3,(H2,16,21). The number of hydrogen-bond donors (Lipinski definition) is 2. The molecule has 118 valence electrons. The van der Waals surface area contributed by atoms with Gasteiger partial charge in [0.25, 0.3) is 5.91 Å². The second-order valence-corrected chi connectivity index (χ2v) is 5.41. The third kappa shape index (κ3) is 2.49. The molecule has 1 unspecified atom stereocenters. The van der Waals surface area contributed by atoms with Crippen LogP contribution in [0, 0.1) is 0 Å². The number of aromatic hydroxyl groups is 1. The number of carbonyl (C=O) groups excluding carboxylic acids is 3. The van der Waals surface area contributed by atoms with Crippen molar-refractivity contribution in [3.63, 3.8) is 0 Å². The summed E-state index contributed by atoms with van der Waals surface area (Å²) in [4.78, 5) is 37.0. The van der Waals surface area contributed by atoms with Crippen LogP contribution in [0.5, 0.6) is 5.75 Å². The summed E-state index contributed by atoms with van der Waals surface area (Å²) < 4.78 is 4.56. The summed E-state index contributed by atoms with van der Waals surface area (Å²) in [6, 6.07) is 4.62. The number of primary amides is 1. The van der Waals surface area contributed by atoms with Crippen molar-refractivity contribution >= 4 is 17.8 Å². The minimum absolute atomic E-state index is 0.00635. The van der Waals surface area contributed by atoms with Gasteiger partial charge in [0.05, 0.1) is 13.7 Å².